The SMILES string of the molecule is CC(C)(COc1ccc(-c2ccc(-c3nc(C(F)(F)F)c[nH]3)cn2)cc1)C(=O)O. The first-order valence-corrected chi connectivity index (χ1v) is 8.62. The molecule has 0 radical (unpaired) electrons. The largest absolute Gasteiger partial charge is 0.492 e. The van der Waals surface area contributed by atoms with E-state index in [2.05, 4.69) is 15.0 Å². The number of alkyl halides is 3. The molecule has 152 valence electrons. The highest BCUT2D eigenvalue weighted by Gasteiger charge is 2.33. The molecule has 29 heavy (non-hydrogen) atoms. The zero-order valence-corrected chi connectivity index (χ0v) is 15.6. The Morgan fingerprint density at radius 3 is 2.28 bits per heavy atom. The van der Waals surface area contributed by atoms with E-state index in [1.165, 1.54) is 6.20 Å². The molecular weight excluding hydrogens is 387 g/mol. The van der Waals surface area contributed by atoms with E-state index in [0.29, 0.717) is 17.0 Å². The molecule has 6 nitrogen and oxygen atoms in total. The molecule has 0 aliphatic rings. The third kappa shape index (κ3) is 4.74. The van der Waals surface area contributed by atoms with E-state index in [1.54, 1.807) is 50.2 Å². The molecule has 1 aromatic carbocycles. The molecule has 0 fully saturated rings. The van der Waals surface area contributed by atoms with Crippen LogP contribution >= 0.6 is 0 Å². The van der Waals surface area contributed by atoms with Crippen molar-refractivity contribution in [1.29, 1.82) is 0 Å². The molecule has 0 aliphatic carbocycles. The van der Waals surface area contributed by atoms with E-state index >= 15 is 0 Å². The Morgan fingerprint density at radius 2 is 1.76 bits per heavy atom. The van der Waals surface area contributed by atoms with Gasteiger partial charge in [-0.2, -0.15) is 13.2 Å². The number of imidazole rings is 1. The summed E-state index contributed by atoms with van der Waals surface area (Å²) < 4.78 is 43.5. The van der Waals surface area contributed by atoms with Crippen molar-refractivity contribution in [3.05, 3.63) is 54.5 Å². The fourth-order valence-corrected chi connectivity index (χ4v) is 2.37. The molecule has 0 bridgehead atoms. The fraction of sp³-hybridized carbons (Fsp3) is 0.250. The minimum absolute atomic E-state index is 0.0255. The highest BCUT2D eigenvalue weighted by Crippen LogP contribution is 2.30. The highest BCUT2D eigenvalue weighted by molar-refractivity contribution is 5.73. The molecule has 9 heteroatoms. The molecule has 2 N–H and O–H groups in total. The number of carbonyl (C=O) groups is 1. The topological polar surface area (TPSA) is 88.1 Å². The van der Waals surface area contributed by atoms with Crippen molar-refractivity contribution in [3.63, 3.8) is 0 Å². The van der Waals surface area contributed by atoms with Gasteiger partial charge in [0.05, 0.1) is 11.1 Å². The van der Waals surface area contributed by atoms with Gasteiger partial charge in [0.25, 0.3) is 0 Å². The second-order valence-electron chi connectivity index (χ2n) is 7.07. The van der Waals surface area contributed by atoms with Crippen LogP contribution < -0.4 is 4.74 Å². The van der Waals surface area contributed by atoms with Crippen LogP contribution in [0, 0.1) is 5.41 Å². The lowest BCUT2D eigenvalue weighted by molar-refractivity contribution is -0.148. The van der Waals surface area contributed by atoms with Crippen LogP contribution in [0.3, 0.4) is 0 Å². The third-order valence-electron chi connectivity index (χ3n) is 4.23. The van der Waals surface area contributed by atoms with Gasteiger partial charge in [-0.1, -0.05) is 0 Å². The number of ether oxygens (including phenoxy) is 1. The summed E-state index contributed by atoms with van der Waals surface area (Å²) in [6.45, 7) is 3.18. The number of carboxylic acid groups (broad SMARTS) is 1. The first kappa shape index (κ1) is 20.4. The summed E-state index contributed by atoms with van der Waals surface area (Å²) in [4.78, 5) is 21.4. The average molecular weight is 405 g/mol. The molecule has 0 saturated heterocycles. The zero-order chi connectivity index (χ0) is 21.2. The van der Waals surface area contributed by atoms with E-state index in [0.717, 1.165) is 11.8 Å². The molecule has 0 amide bonds. The van der Waals surface area contributed by atoms with Crippen LogP contribution in [0.25, 0.3) is 22.6 Å². The predicted octanol–water partition coefficient (Wildman–Crippen LogP) is 4.65. The Morgan fingerprint density at radius 1 is 1.10 bits per heavy atom. The standard InChI is InChI=1S/C20H18F3N3O3/c1-19(2,18(27)28)11-29-14-6-3-12(4-7-14)15-8-5-13(9-24-15)17-25-10-16(26-17)20(21,22)23/h3-10H,11H2,1-2H3,(H,25,26)(H,27,28). The summed E-state index contributed by atoms with van der Waals surface area (Å²) in [6, 6.07) is 10.2. The molecular formula is C20H18F3N3O3. The Kier molecular flexibility index (Phi) is 5.32. The summed E-state index contributed by atoms with van der Waals surface area (Å²) >= 11 is 0. The predicted molar refractivity (Wildman–Crippen MR) is 99.2 cm³/mol. The molecule has 0 saturated carbocycles. The molecule has 2 aromatic heterocycles. The van der Waals surface area contributed by atoms with Crippen LogP contribution in [0.15, 0.2) is 48.8 Å². The lowest BCUT2D eigenvalue weighted by Crippen LogP contribution is -2.30. The molecule has 2 heterocycles. The van der Waals surface area contributed by atoms with Crippen molar-refractivity contribution >= 4 is 5.97 Å². The summed E-state index contributed by atoms with van der Waals surface area (Å²) in [5, 5.41) is 9.11. The number of aromatic nitrogens is 3. The number of H-pyrrole nitrogens is 1. The van der Waals surface area contributed by atoms with Gasteiger partial charge in [0, 0.05) is 23.5 Å². The number of hydrogen-bond acceptors (Lipinski definition) is 4. The van der Waals surface area contributed by atoms with Crippen molar-refractivity contribution < 1.29 is 27.8 Å². The monoisotopic (exact) mass is 405 g/mol. The van der Waals surface area contributed by atoms with Crippen molar-refractivity contribution in [3.8, 4) is 28.4 Å². The van der Waals surface area contributed by atoms with E-state index in [1.807, 2.05) is 0 Å². The summed E-state index contributed by atoms with van der Waals surface area (Å²) in [5.41, 5.74) is -0.169. The van der Waals surface area contributed by atoms with Crippen LogP contribution in [0.5, 0.6) is 5.75 Å². The van der Waals surface area contributed by atoms with Crippen LogP contribution in [-0.2, 0) is 11.0 Å². The van der Waals surface area contributed by atoms with Gasteiger partial charge >= 0.3 is 12.1 Å². The second-order valence-corrected chi connectivity index (χ2v) is 7.07. The van der Waals surface area contributed by atoms with Crippen molar-refractivity contribution in [2.45, 2.75) is 20.0 Å². The number of aliphatic carboxylic acids is 1. The summed E-state index contributed by atoms with van der Waals surface area (Å²) in [6.07, 6.45) is -2.26. The number of halogens is 3. The molecule has 0 atom stereocenters. The van der Waals surface area contributed by atoms with E-state index in [9.17, 15) is 18.0 Å². The number of hydrogen-bond donors (Lipinski definition) is 2. The quantitative estimate of drug-likeness (QED) is 0.623. The average Bonchev–Trinajstić information content (AvgIpc) is 3.18. The smallest absolute Gasteiger partial charge is 0.434 e. The lowest BCUT2D eigenvalue weighted by Gasteiger charge is -2.19. The van der Waals surface area contributed by atoms with Crippen molar-refractivity contribution in [2.75, 3.05) is 6.61 Å². The van der Waals surface area contributed by atoms with Crippen molar-refractivity contribution in [1.82, 2.24) is 15.0 Å². The van der Waals surface area contributed by atoms with Crippen molar-refractivity contribution in [2.24, 2.45) is 5.41 Å². The Labute approximate surface area is 164 Å². The van der Waals surface area contributed by atoms with Gasteiger partial charge in [-0.25, -0.2) is 4.98 Å². The Hall–Kier alpha value is -3.36. The summed E-state index contributed by atoms with van der Waals surface area (Å²) in [7, 11) is 0. The number of carboxylic acids is 1. The number of nitrogens with zero attached hydrogens (tertiary/aromatic N) is 2. The van der Waals surface area contributed by atoms with Gasteiger partial charge in [0.15, 0.2) is 5.69 Å². The van der Waals surface area contributed by atoms with E-state index in [4.69, 9.17) is 9.84 Å². The molecule has 0 aliphatic heterocycles. The maximum absolute atomic E-state index is 12.7. The Bertz CT molecular complexity index is 994. The number of pyridine rings is 1. The maximum atomic E-state index is 12.7. The maximum Gasteiger partial charge on any atom is 0.434 e. The van der Waals surface area contributed by atoms with Gasteiger partial charge < -0.3 is 14.8 Å². The van der Waals surface area contributed by atoms with Crippen LogP contribution in [0.2, 0.25) is 0 Å². The number of rotatable bonds is 6. The van der Waals surface area contributed by atoms with Gasteiger partial charge in [-0.05, 0) is 50.2 Å². The number of benzene rings is 1. The highest BCUT2D eigenvalue weighted by atomic mass is 19.4. The fourth-order valence-electron chi connectivity index (χ4n) is 2.37. The van der Waals surface area contributed by atoms with E-state index < -0.39 is 23.3 Å². The minimum atomic E-state index is -4.51. The number of nitrogens with one attached hydrogen (secondary N) is 1. The van der Waals surface area contributed by atoms with Gasteiger partial charge in [0.1, 0.15) is 18.2 Å². The molecule has 3 rings (SSSR count). The first-order chi connectivity index (χ1) is 13.6. The first-order valence-electron chi connectivity index (χ1n) is 8.62. The van der Waals surface area contributed by atoms with E-state index in [-0.39, 0.29) is 12.4 Å². The van der Waals surface area contributed by atoms with Gasteiger partial charge in [-0.3, -0.25) is 9.78 Å². The van der Waals surface area contributed by atoms with Gasteiger partial charge in [-0.15, -0.1) is 0 Å². The van der Waals surface area contributed by atoms with Crippen LogP contribution in [0.4, 0.5) is 13.2 Å². The Balaban J connectivity index is 1.70. The molecule has 0 spiro atoms. The van der Waals surface area contributed by atoms with Crippen LogP contribution in [-0.4, -0.2) is 32.6 Å². The van der Waals surface area contributed by atoms with Crippen LogP contribution in [0.1, 0.15) is 19.5 Å². The summed E-state index contributed by atoms with van der Waals surface area (Å²) in [5.74, 6) is -0.339. The van der Waals surface area contributed by atoms with Gasteiger partial charge in [0.2, 0.25) is 0 Å². The number of aromatic amines is 1. The third-order valence-corrected chi connectivity index (χ3v) is 4.23. The second kappa shape index (κ2) is 7.57. The minimum Gasteiger partial charge on any atom is -0.492 e. The lowest BCUT2D eigenvalue weighted by atomic mass is 9.95. The molecule has 0 unspecified atom stereocenters. The normalized spacial score (nSPS) is 12.0. The molecule has 3 aromatic rings. The zero-order valence-electron chi connectivity index (χ0n) is 15.6.